The van der Waals surface area contributed by atoms with Gasteiger partial charge in [0.1, 0.15) is 0 Å². The highest BCUT2D eigenvalue weighted by atomic mass is 32.2. The molecule has 0 bridgehead atoms. The number of hydrogen-bond donors (Lipinski definition) is 2. The molecule has 0 saturated carbocycles. The molecule has 6 heteroatoms. The summed E-state index contributed by atoms with van der Waals surface area (Å²) < 4.78 is 26.4. The van der Waals surface area contributed by atoms with Crippen LogP contribution in [0.25, 0.3) is 0 Å². The highest BCUT2D eigenvalue weighted by molar-refractivity contribution is 7.89. The summed E-state index contributed by atoms with van der Waals surface area (Å²) in [5.41, 5.74) is 1.33. The van der Waals surface area contributed by atoms with Crippen LogP contribution in [0, 0.1) is 0 Å². The molecular weight excluding hydrogens is 348 g/mol. The van der Waals surface area contributed by atoms with Crippen molar-refractivity contribution in [3.8, 4) is 0 Å². The number of hydrogen-bond acceptors (Lipinski definition) is 3. The summed E-state index contributed by atoms with van der Waals surface area (Å²) in [6.07, 6.45) is 1.47. The second kappa shape index (κ2) is 8.29. The third kappa shape index (κ3) is 5.03. The summed E-state index contributed by atoms with van der Waals surface area (Å²) in [6.45, 7) is 8.22. The van der Waals surface area contributed by atoms with Gasteiger partial charge in [0.15, 0.2) is 0 Å². The molecule has 2 N–H and O–H groups in total. The van der Waals surface area contributed by atoms with Crippen molar-refractivity contribution in [2.75, 3.05) is 13.1 Å². The first-order chi connectivity index (χ1) is 12.3. The van der Waals surface area contributed by atoms with E-state index in [-0.39, 0.29) is 22.8 Å². The maximum atomic E-state index is 12.4. The van der Waals surface area contributed by atoms with Gasteiger partial charge in [-0.1, -0.05) is 50.3 Å². The predicted molar refractivity (Wildman–Crippen MR) is 104 cm³/mol. The number of rotatable bonds is 8. The van der Waals surface area contributed by atoms with Gasteiger partial charge in [0, 0.05) is 24.1 Å². The maximum absolute atomic E-state index is 12.4. The molecular formula is C20H24N2O3S. The second-order valence-electron chi connectivity index (χ2n) is 6.60. The lowest BCUT2D eigenvalue weighted by molar-refractivity contribution is 0.0945. The zero-order chi connectivity index (χ0) is 19.2. The third-order valence-electron chi connectivity index (χ3n) is 4.09. The first-order valence-corrected chi connectivity index (χ1v) is 9.79. The van der Waals surface area contributed by atoms with Gasteiger partial charge in [-0.25, -0.2) is 13.1 Å². The first kappa shape index (κ1) is 19.9. The zero-order valence-corrected chi connectivity index (χ0v) is 15.8. The van der Waals surface area contributed by atoms with Crippen molar-refractivity contribution < 1.29 is 13.2 Å². The van der Waals surface area contributed by atoms with E-state index in [1.165, 1.54) is 30.3 Å². The van der Waals surface area contributed by atoms with Crippen LogP contribution in [0.2, 0.25) is 0 Å². The average molecular weight is 372 g/mol. The largest absolute Gasteiger partial charge is 0.351 e. The molecule has 0 aliphatic carbocycles. The number of nitrogens with one attached hydrogen (secondary N) is 2. The number of carbonyl (C=O) groups excluding carboxylic acids is 1. The van der Waals surface area contributed by atoms with E-state index < -0.39 is 10.0 Å². The van der Waals surface area contributed by atoms with E-state index >= 15 is 0 Å². The molecule has 138 valence electrons. The van der Waals surface area contributed by atoms with E-state index in [0.29, 0.717) is 12.1 Å². The van der Waals surface area contributed by atoms with Crippen molar-refractivity contribution in [3.05, 3.63) is 78.4 Å². The maximum Gasteiger partial charge on any atom is 0.251 e. The zero-order valence-electron chi connectivity index (χ0n) is 15.0. The number of benzene rings is 2. The summed E-state index contributed by atoms with van der Waals surface area (Å²) in [7, 11) is -3.59. The van der Waals surface area contributed by atoms with Gasteiger partial charge in [-0.3, -0.25) is 4.79 Å². The van der Waals surface area contributed by atoms with Gasteiger partial charge in [0.05, 0.1) is 4.90 Å². The summed E-state index contributed by atoms with van der Waals surface area (Å²) in [5, 5.41) is 2.91. The molecule has 26 heavy (non-hydrogen) atoms. The molecule has 2 rings (SSSR count). The number of sulfonamides is 1. The van der Waals surface area contributed by atoms with Crippen LogP contribution >= 0.6 is 0 Å². The van der Waals surface area contributed by atoms with E-state index in [2.05, 4.69) is 30.5 Å². The smallest absolute Gasteiger partial charge is 0.251 e. The summed E-state index contributed by atoms with van der Waals surface area (Å²) in [6, 6.07) is 15.8. The topological polar surface area (TPSA) is 75.3 Å². The van der Waals surface area contributed by atoms with Gasteiger partial charge in [-0.05, 0) is 29.8 Å². The Balaban J connectivity index is 2.03. The molecule has 0 spiro atoms. The van der Waals surface area contributed by atoms with Crippen molar-refractivity contribution >= 4 is 15.9 Å². The van der Waals surface area contributed by atoms with Gasteiger partial charge >= 0.3 is 0 Å². The van der Waals surface area contributed by atoms with Crippen LogP contribution in [0.5, 0.6) is 0 Å². The Morgan fingerprint density at radius 3 is 2.27 bits per heavy atom. The van der Waals surface area contributed by atoms with Crippen LogP contribution in [0.4, 0.5) is 0 Å². The molecule has 2 aromatic rings. The van der Waals surface area contributed by atoms with Crippen LogP contribution in [0.3, 0.4) is 0 Å². The fraction of sp³-hybridized carbons (Fsp3) is 0.250. The van der Waals surface area contributed by atoms with E-state index in [0.717, 1.165) is 5.56 Å². The molecule has 0 heterocycles. The van der Waals surface area contributed by atoms with E-state index in [9.17, 15) is 13.2 Å². The van der Waals surface area contributed by atoms with Crippen molar-refractivity contribution in [2.24, 2.45) is 0 Å². The minimum Gasteiger partial charge on any atom is -0.351 e. The Labute approximate surface area is 155 Å². The average Bonchev–Trinajstić information content (AvgIpc) is 2.65. The van der Waals surface area contributed by atoms with E-state index in [4.69, 9.17) is 0 Å². The van der Waals surface area contributed by atoms with Crippen LogP contribution in [-0.4, -0.2) is 27.4 Å². The van der Waals surface area contributed by atoms with Gasteiger partial charge in [0.25, 0.3) is 5.91 Å². The van der Waals surface area contributed by atoms with Crippen molar-refractivity contribution in [3.63, 3.8) is 0 Å². The molecule has 2 aromatic carbocycles. The second-order valence-corrected chi connectivity index (χ2v) is 8.36. The standard InChI is InChI=1S/C20H24N2O3S/c1-4-14-22-26(24,25)18-12-10-16(11-13-18)19(23)21-15-20(2,3)17-8-6-5-7-9-17/h4-13,22H,1,14-15H2,2-3H3,(H,21,23). The monoisotopic (exact) mass is 372 g/mol. The first-order valence-electron chi connectivity index (χ1n) is 8.30. The fourth-order valence-electron chi connectivity index (χ4n) is 2.43. The highest BCUT2D eigenvalue weighted by Gasteiger charge is 2.21. The molecule has 0 radical (unpaired) electrons. The van der Waals surface area contributed by atoms with Crippen molar-refractivity contribution in [2.45, 2.75) is 24.2 Å². The molecule has 0 fully saturated rings. The van der Waals surface area contributed by atoms with E-state index in [1.54, 1.807) is 0 Å². The summed E-state index contributed by atoms with van der Waals surface area (Å²) in [5.74, 6) is -0.239. The quantitative estimate of drug-likeness (QED) is 0.700. The Hall–Kier alpha value is -2.44. The number of carbonyl (C=O) groups is 1. The summed E-state index contributed by atoms with van der Waals surface area (Å²) >= 11 is 0. The molecule has 0 saturated heterocycles. The lowest BCUT2D eigenvalue weighted by atomic mass is 9.84. The number of amides is 1. The van der Waals surface area contributed by atoms with Gasteiger partial charge < -0.3 is 5.32 Å². The van der Waals surface area contributed by atoms with Crippen LogP contribution < -0.4 is 10.0 Å². The summed E-state index contributed by atoms with van der Waals surface area (Å²) in [4.78, 5) is 12.5. The fourth-order valence-corrected chi connectivity index (χ4v) is 3.43. The van der Waals surface area contributed by atoms with Crippen molar-refractivity contribution in [1.29, 1.82) is 0 Å². The molecule has 5 nitrogen and oxygen atoms in total. The Bertz CT molecular complexity index is 858. The van der Waals surface area contributed by atoms with E-state index in [1.807, 2.05) is 30.3 Å². The predicted octanol–water partition coefficient (Wildman–Crippen LogP) is 2.86. The van der Waals surface area contributed by atoms with Crippen LogP contribution in [0.1, 0.15) is 29.8 Å². The van der Waals surface area contributed by atoms with Crippen LogP contribution in [-0.2, 0) is 15.4 Å². The SMILES string of the molecule is C=CCNS(=O)(=O)c1ccc(C(=O)NCC(C)(C)c2ccccc2)cc1. The molecule has 0 aromatic heterocycles. The van der Waals surface area contributed by atoms with Crippen molar-refractivity contribution in [1.82, 2.24) is 10.0 Å². The lowest BCUT2D eigenvalue weighted by Crippen LogP contribution is -2.36. The normalized spacial score (nSPS) is 11.8. The Kier molecular flexibility index (Phi) is 6.34. The Morgan fingerprint density at radius 2 is 1.69 bits per heavy atom. The molecule has 0 unspecified atom stereocenters. The third-order valence-corrected chi connectivity index (χ3v) is 5.53. The minimum atomic E-state index is -3.59. The molecule has 1 amide bonds. The van der Waals surface area contributed by atoms with Gasteiger partial charge in [0.2, 0.25) is 10.0 Å². The lowest BCUT2D eigenvalue weighted by Gasteiger charge is -2.25. The van der Waals surface area contributed by atoms with Gasteiger partial charge in [-0.2, -0.15) is 0 Å². The van der Waals surface area contributed by atoms with Crippen LogP contribution in [0.15, 0.2) is 72.1 Å². The minimum absolute atomic E-state index is 0.112. The molecule has 0 aliphatic heterocycles. The van der Waals surface area contributed by atoms with Gasteiger partial charge in [-0.15, -0.1) is 6.58 Å². The highest BCUT2D eigenvalue weighted by Crippen LogP contribution is 2.22. The Morgan fingerprint density at radius 1 is 1.08 bits per heavy atom. The molecule has 0 aliphatic rings. The molecule has 0 atom stereocenters.